The lowest BCUT2D eigenvalue weighted by Gasteiger charge is -2.26. The van der Waals surface area contributed by atoms with Crippen molar-refractivity contribution in [3.63, 3.8) is 0 Å². The molecule has 1 rings (SSSR count). The molecular formula is C13H19NO2. The van der Waals surface area contributed by atoms with Crippen LogP contribution in [0.25, 0.3) is 0 Å². The van der Waals surface area contributed by atoms with Crippen LogP contribution in [-0.4, -0.2) is 24.6 Å². The molecule has 1 atom stereocenters. The number of hydrogen-bond donors (Lipinski definition) is 0. The van der Waals surface area contributed by atoms with Gasteiger partial charge in [0.05, 0.1) is 13.2 Å². The first-order chi connectivity index (χ1) is 7.60. The van der Waals surface area contributed by atoms with E-state index in [9.17, 15) is 4.79 Å². The molecule has 0 aliphatic heterocycles. The van der Waals surface area contributed by atoms with Gasteiger partial charge in [-0.05, 0) is 26.3 Å². The molecule has 0 radical (unpaired) electrons. The van der Waals surface area contributed by atoms with Gasteiger partial charge in [0.25, 0.3) is 0 Å². The summed E-state index contributed by atoms with van der Waals surface area (Å²) in [4.78, 5) is 13.2. The highest BCUT2D eigenvalue weighted by Gasteiger charge is 2.19. The van der Waals surface area contributed by atoms with Crippen LogP contribution in [-0.2, 0) is 4.74 Å². The van der Waals surface area contributed by atoms with E-state index in [-0.39, 0.29) is 12.1 Å². The van der Waals surface area contributed by atoms with Gasteiger partial charge in [0.15, 0.2) is 0 Å². The molecule has 0 N–H and O–H groups in total. The summed E-state index contributed by atoms with van der Waals surface area (Å²) in [5, 5.41) is 0. The maximum atomic E-state index is 11.5. The van der Waals surface area contributed by atoms with Crippen LogP contribution in [0.2, 0.25) is 0 Å². The fourth-order valence-corrected chi connectivity index (χ4v) is 1.70. The molecule has 0 unspecified atom stereocenters. The summed E-state index contributed by atoms with van der Waals surface area (Å²) in [7, 11) is 1.41. The van der Waals surface area contributed by atoms with Gasteiger partial charge in [-0.25, -0.2) is 4.79 Å². The summed E-state index contributed by atoms with van der Waals surface area (Å²) in [6.07, 6.45) is -0.282. The van der Waals surface area contributed by atoms with Gasteiger partial charge in [-0.2, -0.15) is 0 Å². The second-order valence-electron chi connectivity index (χ2n) is 3.84. The molecule has 1 amide bonds. The number of ether oxygens (including phenoxy) is 1. The fraction of sp³-hybridized carbons (Fsp3) is 0.462. The minimum absolute atomic E-state index is 0.0399. The van der Waals surface area contributed by atoms with Crippen LogP contribution < -0.4 is 0 Å². The van der Waals surface area contributed by atoms with Crippen molar-refractivity contribution < 1.29 is 9.53 Å². The Bertz CT molecular complexity index is 345. The van der Waals surface area contributed by atoms with Gasteiger partial charge < -0.3 is 9.64 Å². The molecule has 0 bridgehead atoms. The molecule has 3 nitrogen and oxygen atoms in total. The van der Waals surface area contributed by atoms with Crippen LogP contribution in [0.3, 0.4) is 0 Å². The number of methoxy groups -OCH3 is 1. The Balaban J connectivity index is 2.86. The van der Waals surface area contributed by atoms with Crippen molar-refractivity contribution in [1.82, 2.24) is 4.90 Å². The first-order valence-corrected chi connectivity index (χ1v) is 5.51. The number of nitrogens with zero attached hydrogens (tertiary/aromatic N) is 1. The predicted octanol–water partition coefficient (Wildman–Crippen LogP) is 3.14. The van der Waals surface area contributed by atoms with Crippen molar-refractivity contribution in [2.24, 2.45) is 0 Å². The predicted molar refractivity (Wildman–Crippen MR) is 64.4 cm³/mol. The number of carbonyl (C=O) groups is 1. The Labute approximate surface area is 97.0 Å². The summed E-state index contributed by atoms with van der Waals surface area (Å²) in [6, 6.07) is 8.24. The molecule has 0 heterocycles. The maximum absolute atomic E-state index is 11.5. The van der Waals surface area contributed by atoms with Gasteiger partial charge in [-0.15, -0.1) is 0 Å². The van der Waals surface area contributed by atoms with E-state index in [1.54, 1.807) is 4.90 Å². The molecule has 3 heteroatoms. The Morgan fingerprint density at radius 2 is 1.94 bits per heavy atom. The molecule has 0 saturated heterocycles. The minimum atomic E-state index is -0.282. The molecule has 16 heavy (non-hydrogen) atoms. The first-order valence-electron chi connectivity index (χ1n) is 5.51. The number of hydrogen-bond acceptors (Lipinski definition) is 2. The molecule has 0 aliphatic rings. The zero-order chi connectivity index (χ0) is 12.1. The molecular weight excluding hydrogens is 202 g/mol. The highest BCUT2D eigenvalue weighted by molar-refractivity contribution is 5.68. The Hall–Kier alpha value is -1.51. The summed E-state index contributed by atoms with van der Waals surface area (Å²) >= 11 is 0. The molecule has 1 aromatic rings. The van der Waals surface area contributed by atoms with E-state index in [2.05, 4.69) is 12.1 Å². The van der Waals surface area contributed by atoms with Crippen LogP contribution >= 0.6 is 0 Å². The third-order valence-electron chi connectivity index (χ3n) is 2.78. The van der Waals surface area contributed by atoms with E-state index >= 15 is 0 Å². The van der Waals surface area contributed by atoms with E-state index in [4.69, 9.17) is 4.74 Å². The Morgan fingerprint density at radius 3 is 2.38 bits per heavy atom. The van der Waals surface area contributed by atoms with Crippen LogP contribution in [0.5, 0.6) is 0 Å². The maximum Gasteiger partial charge on any atom is 0.409 e. The highest BCUT2D eigenvalue weighted by Crippen LogP contribution is 2.20. The van der Waals surface area contributed by atoms with E-state index in [0.717, 1.165) is 5.56 Å². The fourth-order valence-electron chi connectivity index (χ4n) is 1.70. The SMILES string of the molecule is CCN(C(=O)OC)[C@@H](C)c1ccc(C)cc1. The normalized spacial score (nSPS) is 12.0. The van der Waals surface area contributed by atoms with Crippen LogP contribution in [0.15, 0.2) is 24.3 Å². The van der Waals surface area contributed by atoms with E-state index in [0.29, 0.717) is 6.54 Å². The van der Waals surface area contributed by atoms with Gasteiger partial charge in [0.2, 0.25) is 0 Å². The van der Waals surface area contributed by atoms with Crippen molar-refractivity contribution in [2.45, 2.75) is 26.8 Å². The third kappa shape index (κ3) is 2.75. The molecule has 0 spiro atoms. The standard InChI is InChI=1S/C13H19NO2/c1-5-14(13(15)16-4)11(3)12-8-6-10(2)7-9-12/h6-9,11H,5H2,1-4H3/t11-/m0/s1. The van der Waals surface area contributed by atoms with Gasteiger partial charge in [-0.3, -0.25) is 0 Å². The average Bonchev–Trinajstić information content (AvgIpc) is 2.30. The lowest BCUT2D eigenvalue weighted by molar-refractivity contribution is 0.111. The second kappa shape index (κ2) is 5.54. The molecule has 0 aromatic heterocycles. The van der Waals surface area contributed by atoms with Crippen molar-refractivity contribution >= 4 is 6.09 Å². The molecule has 0 aliphatic carbocycles. The summed E-state index contributed by atoms with van der Waals surface area (Å²) in [5.41, 5.74) is 2.34. The molecule has 88 valence electrons. The first kappa shape index (κ1) is 12.6. The van der Waals surface area contributed by atoms with Gasteiger partial charge in [-0.1, -0.05) is 29.8 Å². The lowest BCUT2D eigenvalue weighted by Crippen LogP contribution is -2.33. The second-order valence-corrected chi connectivity index (χ2v) is 3.84. The monoisotopic (exact) mass is 221 g/mol. The van der Waals surface area contributed by atoms with E-state index in [1.807, 2.05) is 32.9 Å². The smallest absolute Gasteiger partial charge is 0.409 e. The summed E-state index contributed by atoms with van der Waals surface area (Å²) in [5.74, 6) is 0. The molecule has 1 aromatic carbocycles. The van der Waals surface area contributed by atoms with Crippen LogP contribution in [0.4, 0.5) is 4.79 Å². The third-order valence-corrected chi connectivity index (χ3v) is 2.78. The van der Waals surface area contributed by atoms with Crippen molar-refractivity contribution in [2.75, 3.05) is 13.7 Å². The van der Waals surface area contributed by atoms with E-state index in [1.165, 1.54) is 12.7 Å². The number of benzene rings is 1. The van der Waals surface area contributed by atoms with Gasteiger partial charge >= 0.3 is 6.09 Å². The Morgan fingerprint density at radius 1 is 1.38 bits per heavy atom. The van der Waals surface area contributed by atoms with Gasteiger partial charge in [0.1, 0.15) is 0 Å². The minimum Gasteiger partial charge on any atom is -0.453 e. The number of rotatable bonds is 3. The lowest BCUT2D eigenvalue weighted by atomic mass is 10.1. The zero-order valence-electron chi connectivity index (χ0n) is 10.4. The topological polar surface area (TPSA) is 29.5 Å². The van der Waals surface area contributed by atoms with Crippen LogP contribution in [0.1, 0.15) is 31.0 Å². The molecule has 0 saturated carbocycles. The van der Waals surface area contributed by atoms with Crippen molar-refractivity contribution in [3.05, 3.63) is 35.4 Å². The number of aryl methyl sites for hydroxylation is 1. The largest absolute Gasteiger partial charge is 0.453 e. The summed E-state index contributed by atoms with van der Waals surface area (Å²) in [6.45, 7) is 6.64. The Kier molecular flexibility index (Phi) is 4.35. The van der Waals surface area contributed by atoms with Crippen LogP contribution in [0, 0.1) is 6.92 Å². The molecule has 0 fully saturated rings. The van der Waals surface area contributed by atoms with Crippen molar-refractivity contribution in [3.8, 4) is 0 Å². The highest BCUT2D eigenvalue weighted by atomic mass is 16.5. The van der Waals surface area contributed by atoms with Gasteiger partial charge in [0, 0.05) is 6.54 Å². The van der Waals surface area contributed by atoms with Crippen molar-refractivity contribution in [1.29, 1.82) is 0 Å². The zero-order valence-corrected chi connectivity index (χ0v) is 10.4. The quantitative estimate of drug-likeness (QED) is 0.784. The number of amides is 1. The summed E-state index contributed by atoms with van der Waals surface area (Å²) < 4.78 is 4.76. The number of carbonyl (C=O) groups excluding carboxylic acids is 1. The average molecular weight is 221 g/mol. The van der Waals surface area contributed by atoms with E-state index < -0.39 is 0 Å².